The van der Waals surface area contributed by atoms with E-state index in [4.69, 9.17) is 11.6 Å². The first-order chi connectivity index (χ1) is 12.8. The van der Waals surface area contributed by atoms with Crippen molar-refractivity contribution in [2.24, 2.45) is 0 Å². The second-order valence-corrected chi connectivity index (χ2v) is 7.87. The van der Waals surface area contributed by atoms with E-state index in [1.165, 1.54) is 12.1 Å². The van der Waals surface area contributed by atoms with Gasteiger partial charge in [-0.3, -0.25) is 9.69 Å². The van der Waals surface area contributed by atoms with Gasteiger partial charge in [0, 0.05) is 16.1 Å². The van der Waals surface area contributed by atoms with Crippen LogP contribution >= 0.6 is 11.6 Å². The minimum atomic E-state index is -0.921. The van der Waals surface area contributed by atoms with E-state index in [9.17, 15) is 13.6 Å². The van der Waals surface area contributed by atoms with E-state index in [0.29, 0.717) is 16.1 Å². The van der Waals surface area contributed by atoms with Crippen LogP contribution in [0.2, 0.25) is 5.02 Å². The van der Waals surface area contributed by atoms with Crippen molar-refractivity contribution in [2.75, 3.05) is 13.1 Å². The Morgan fingerprint density at radius 3 is 2.30 bits per heavy atom. The first-order valence-corrected chi connectivity index (χ1v) is 9.43. The monoisotopic (exact) mass is 392 g/mol. The number of carbonyl (C=O) groups is 1. The highest BCUT2D eigenvalue weighted by atomic mass is 35.5. The molecule has 1 heterocycles. The number of nitrogens with one attached hydrogen (secondary N) is 1. The minimum absolute atomic E-state index is 0.284. The van der Waals surface area contributed by atoms with Crippen LogP contribution in [-0.4, -0.2) is 29.4 Å². The summed E-state index contributed by atoms with van der Waals surface area (Å²) in [6, 6.07) is 9.87. The van der Waals surface area contributed by atoms with E-state index < -0.39 is 23.2 Å². The Morgan fingerprint density at radius 2 is 1.70 bits per heavy atom. The Hall–Kier alpha value is -1.98. The summed E-state index contributed by atoms with van der Waals surface area (Å²) in [5, 5.41) is 3.56. The Kier molecular flexibility index (Phi) is 5.82. The Morgan fingerprint density at radius 1 is 1.07 bits per heavy atom. The molecule has 1 saturated heterocycles. The van der Waals surface area contributed by atoms with E-state index in [0.717, 1.165) is 32.0 Å². The van der Waals surface area contributed by atoms with Gasteiger partial charge in [0.1, 0.15) is 0 Å². The molecule has 0 aromatic heterocycles. The van der Waals surface area contributed by atoms with Crippen molar-refractivity contribution in [3.63, 3.8) is 0 Å². The molecule has 3 nitrogen and oxygen atoms in total. The first-order valence-electron chi connectivity index (χ1n) is 9.05. The molecular weight excluding hydrogens is 370 g/mol. The van der Waals surface area contributed by atoms with Crippen molar-refractivity contribution in [1.82, 2.24) is 10.2 Å². The van der Waals surface area contributed by atoms with Crippen molar-refractivity contribution in [2.45, 2.75) is 38.3 Å². The third-order valence-corrected chi connectivity index (χ3v) is 5.54. The average Bonchev–Trinajstić information content (AvgIpc) is 3.18. The molecular formula is C21H23ClF2N2O. The fourth-order valence-electron chi connectivity index (χ4n) is 3.65. The lowest BCUT2D eigenvalue weighted by Gasteiger charge is -2.42. The van der Waals surface area contributed by atoms with E-state index >= 15 is 0 Å². The van der Waals surface area contributed by atoms with Crippen LogP contribution < -0.4 is 5.32 Å². The number of carbonyl (C=O) groups excluding carboxylic acids is 1. The fraction of sp³-hybridized carbons (Fsp3) is 0.381. The molecule has 1 aliphatic heterocycles. The van der Waals surface area contributed by atoms with Gasteiger partial charge >= 0.3 is 0 Å². The van der Waals surface area contributed by atoms with Gasteiger partial charge in [-0.15, -0.1) is 0 Å². The molecule has 144 valence electrons. The lowest BCUT2D eigenvalue weighted by Crippen LogP contribution is -2.52. The molecule has 0 radical (unpaired) electrons. The minimum Gasteiger partial charge on any atom is -0.343 e. The van der Waals surface area contributed by atoms with Crippen LogP contribution in [-0.2, 0) is 0 Å². The molecule has 0 bridgehead atoms. The van der Waals surface area contributed by atoms with Crippen LogP contribution in [0, 0.1) is 11.6 Å². The number of nitrogens with zero attached hydrogens (tertiary/aromatic N) is 1. The van der Waals surface area contributed by atoms with Crippen molar-refractivity contribution >= 4 is 17.5 Å². The second-order valence-electron chi connectivity index (χ2n) is 7.43. The highest BCUT2D eigenvalue weighted by Crippen LogP contribution is 2.34. The molecule has 1 atom stereocenters. The SMILES string of the molecule is CC(C)(C(NC(=O)c1ccc(Cl)cc1)c1ccc(F)c(F)c1)N1CCCC1. The van der Waals surface area contributed by atoms with Crippen molar-refractivity contribution in [1.29, 1.82) is 0 Å². The number of likely N-dealkylation sites (tertiary alicyclic amines) is 1. The molecule has 1 amide bonds. The van der Waals surface area contributed by atoms with Crippen LogP contribution in [0.15, 0.2) is 42.5 Å². The van der Waals surface area contributed by atoms with Gasteiger partial charge in [0.15, 0.2) is 11.6 Å². The third-order valence-electron chi connectivity index (χ3n) is 5.29. The van der Waals surface area contributed by atoms with Gasteiger partial charge in [-0.2, -0.15) is 0 Å². The van der Waals surface area contributed by atoms with E-state index in [1.807, 2.05) is 13.8 Å². The summed E-state index contributed by atoms with van der Waals surface area (Å²) in [7, 11) is 0. The van der Waals surface area contributed by atoms with Gasteiger partial charge in [0.25, 0.3) is 5.91 Å². The smallest absolute Gasteiger partial charge is 0.251 e. The highest BCUT2D eigenvalue weighted by Gasteiger charge is 2.39. The van der Waals surface area contributed by atoms with Crippen LogP contribution in [0.25, 0.3) is 0 Å². The number of hydrogen-bond donors (Lipinski definition) is 1. The zero-order valence-electron chi connectivity index (χ0n) is 15.4. The molecule has 0 saturated carbocycles. The largest absolute Gasteiger partial charge is 0.343 e. The van der Waals surface area contributed by atoms with Gasteiger partial charge in [0.05, 0.1) is 6.04 Å². The highest BCUT2D eigenvalue weighted by molar-refractivity contribution is 6.30. The second kappa shape index (κ2) is 7.95. The normalized spacial score (nSPS) is 16.3. The van der Waals surface area contributed by atoms with Gasteiger partial charge in [-0.25, -0.2) is 8.78 Å². The maximum absolute atomic E-state index is 13.9. The molecule has 2 aromatic carbocycles. The van der Waals surface area contributed by atoms with E-state index in [-0.39, 0.29) is 5.91 Å². The van der Waals surface area contributed by atoms with Gasteiger partial charge in [0.2, 0.25) is 0 Å². The maximum Gasteiger partial charge on any atom is 0.251 e. The molecule has 1 fully saturated rings. The van der Waals surface area contributed by atoms with Gasteiger partial charge in [-0.05, 0) is 81.7 Å². The van der Waals surface area contributed by atoms with E-state index in [1.54, 1.807) is 24.3 Å². The summed E-state index contributed by atoms with van der Waals surface area (Å²) in [5.41, 5.74) is 0.528. The molecule has 2 aromatic rings. The number of amides is 1. The van der Waals surface area contributed by atoms with Gasteiger partial charge < -0.3 is 5.32 Å². The lowest BCUT2D eigenvalue weighted by atomic mass is 9.86. The van der Waals surface area contributed by atoms with Crippen LogP contribution in [0.1, 0.15) is 48.7 Å². The summed E-state index contributed by atoms with van der Waals surface area (Å²) in [6.45, 7) is 5.85. The van der Waals surface area contributed by atoms with Crippen molar-refractivity contribution < 1.29 is 13.6 Å². The van der Waals surface area contributed by atoms with Crippen LogP contribution in [0.4, 0.5) is 8.78 Å². The molecule has 0 spiro atoms. The van der Waals surface area contributed by atoms with E-state index in [2.05, 4.69) is 10.2 Å². The summed E-state index contributed by atoms with van der Waals surface area (Å²) >= 11 is 5.89. The molecule has 6 heteroatoms. The topological polar surface area (TPSA) is 32.3 Å². The predicted molar refractivity (Wildman–Crippen MR) is 103 cm³/mol. The first kappa shape index (κ1) is 19.8. The predicted octanol–water partition coefficient (Wildman–Crippen LogP) is 4.96. The molecule has 27 heavy (non-hydrogen) atoms. The Bertz CT molecular complexity index is 817. The van der Waals surface area contributed by atoms with Gasteiger partial charge in [-0.1, -0.05) is 17.7 Å². The third kappa shape index (κ3) is 4.30. The Labute approximate surface area is 163 Å². The number of halogens is 3. The summed E-state index contributed by atoms with van der Waals surface area (Å²) in [6.07, 6.45) is 2.16. The fourth-order valence-corrected chi connectivity index (χ4v) is 3.78. The molecule has 0 aliphatic carbocycles. The number of hydrogen-bond acceptors (Lipinski definition) is 2. The number of rotatable bonds is 5. The van der Waals surface area contributed by atoms with Crippen molar-refractivity contribution in [3.05, 3.63) is 70.2 Å². The summed E-state index contributed by atoms with van der Waals surface area (Å²) < 4.78 is 27.3. The standard InChI is InChI=1S/C21H23ClF2N2O/c1-21(2,26-11-3-4-12-26)19(15-7-10-17(23)18(24)13-15)25-20(27)14-5-8-16(22)9-6-14/h5-10,13,19H,3-4,11-12H2,1-2H3,(H,25,27). The Balaban J connectivity index is 1.94. The zero-order valence-corrected chi connectivity index (χ0v) is 16.2. The average molecular weight is 393 g/mol. The maximum atomic E-state index is 13.9. The zero-order chi connectivity index (χ0) is 19.6. The number of benzene rings is 2. The summed E-state index contributed by atoms with van der Waals surface area (Å²) in [4.78, 5) is 15.1. The van der Waals surface area contributed by atoms with Crippen LogP contribution in [0.3, 0.4) is 0 Å². The summed E-state index contributed by atoms with van der Waals surface area (Å²) in [5.74, 6) is -2.11. The van der Waals surface area contributed by atoms with Crippen LogP contribution in [0.5, 0.6) is 0 Å². The molecule has 1 aliphatic rings. The molecule has 1 N–H and O–H groups in total. The quantitative estimate of drug-likeness (QED) is 0.779. The van der Waals surface area contributed by atoms with Crippen molar-refractivity contribution in [3.8, 4) is 0 Å². The molecule has 3 rings (SSSR count). The lowest BCUT2D eigenvalue weighted by molar-refractivity contribution is 0.0778. The molecule has 1 unspecified atom stereocenters.